The summed E-state index contributed by atoms with van der Waals surface area (Å²) in [5, 5.41) is 25.4. The van der Waals surface area contributed by atoms with Gasteiger partial charge in [0, 0.05) is 23.9 Å². The van der Waals surface area contributed by atoms with Crippen LogP contribution in [0, 0.1) is 21.4 Å². The molecular weight excluding hydrogens is 348 g/mol. The Hall–Kier alpha value is -3.99. The van der Waals surface area contributed by atoms with Gasteiger partial charge in [0.25, 0.3) is 16.5 Å². The molecule has 0 bridgehead atoms. The number of benzene rings is 2. The highest BCUT2D eigenvalue weighted by Crippen LogP contribution is 2.26. The molecule has 1 atom stereocenters. The summed E-state index contributed by atoms with van der Waals surface area (Å²) in [6.45, 7) is 1.78. The topological polar surface area (TPSA) is 125 Å². The Labute approximate surface area is 153 Å². The van der Waals surface area contributed by atoms with Crippen LogP contribution < -0.4 is 21.5 Å². The molecular formula is C19H14N4O4. The van der Waals surface area contributed by atoms with Crippen molar-refractivity contribution in [3.8, 4) is 6.07 Å². The summed E-state index contributed by atoms with van der Waals surface area (Å²) in [5.74, 6) is 0. The molecule has 3 rings (SSSR count). The van der Waals surface area contributed by atoms with Crippen LogP contribution in [0.1, 0.15) is 24.1 Å². The van der Waals surface area contributed by atoms with Crippen molar-refractivity contribution in [2.24, 2.45) is 0 Å². The van der Waals surface area contributed by atoms with Crippen LogP contribution >= 0.6 is 0 Å². The summed E-state index contributed by atoms with van der Waals surface area (Å²) in [5.41, 5.74) is 0.829. The van der Waals surface area contributed by atoms with E-state index in [1.165, 1.54) is 12.1 Å². The molecule has 0 fully saturated rings. The fraction of sp³-hybridized carbons (Fsp3) is 0.105. The second-order valence-electron chi connectivity index (χ2n) is 5.94. The highest BCUT2D eigenvalue weighted by atomic mass is 16.6. The second kappa shape index (κ2) is 7.09. The monoisotopic (exact) mass is 362 g/mol. The lowest BCUT2D eigenvalue weighted by molar-refractivity contribution is -0.384. The molecule has 0 saturated heterocycles. The predicted molar refractivity (Wildman–Crippen MR) is 101 cm³/mol. The van der Waals surface area contributed by atoms with E-state index in [0.29, 0.717) is 11.3 Å². The van der Waals surface area contributed by atoms with Crippen LogP contribution in [0.15, 0.2) is 58.1 Å². The third-order valence-corrected chi connectivity index (χ3v) is 4.16. The van der Waals surface area contributed by atoms with Gasteiger partial charge in [-0.2, -0.15) is 5.26 Å². The number of nitrogens with one attached hydrogen (secondary N) is 2. The van der Waals surface area contributed by atoms with E-state index in [0.717, 1.165) is 5.56 Å². The molecule has 0 amide bonds. The second-order valence-corrected chi connectivity index (χ2v) is 5.94. The summed E-state index contributed by atoms with van der Waals surface area (Å²) < 4.78 is 0. The normalized spacial score (nSPS) is 11.6. The van der Waals surface area contributed by atoms with E-state index in [1.807, 2.05) is 6.07 Å². The average Bonchev–Trinajstić information content (AvgIpc) is 2.70. The largest absolute Gasteiger partial charge is 0.373 e. The van der Waals surface area contributed by atoms with Crippen molar-refractivity contribution in [1.29, 1.82) is 5.26 Å². The molecule has 0 heterocycles. The maximum Gasteiger partial charge on any atom is 0.269 e. The predicted octanol–water partition coefficient (Wildman–Crippen LogP) is 2.98. The van der Waals surface area contributed by atoms with Crippen molar-refractivity contribution in [2.45, 2.75) is 13.0 Å². The van der Waals surface area contributed by atoms with Crippen LogP contribution in [-0.2, 0) is 0 Å². The van der Waals surface area contributed by atoms with Gasteiger partial charge in [-0.15, -0.1) is 0 Å². The molecule has 134 valence electrons. The summed E-state index contributed by atoms with van der Waals surface area (Å²) >= 11 is 0. The number of hydrogen-bond acceptors (Lipinski definition) is 7. The molecule has 27 heavy (non-hydrogen) atoms. The van der Waals surface area contributed by atoms with Gasteiger partial charge in [0.2, 0.25) is 0 Å². The molecule has 0 spiro atoms. The Morgan fingerprint density at radius 1 is 1.00 bits per heavy atom. The van der Waals surface area contributed by atoms with Gasteiger partial charge >= 0.3 is 0 Å². The first kappa shape index (κ1) is 17.8. The highest BCUT2D eigenvalue weighted by molar-refractivity contribution is 5.79. The molecule has 3 aromatic carbocycles. The number of hydrogen-bond donors (Lipinski definition) is 2. The molecule has 0 aliphatic carbocycles. The van der Waals surface area contributed by atoms with Crippen molar-refractivity contribution in [2.75, 3.05) is 10.6 Å². The Bertz CT molecular complexity index is 1100. The maximum absolute atomic E-state index is 11.9. The Balaban J connectivity index is 1.78. The van der Waals surface area contributed by atoms with Gasteiger partial charge < -0.3 is 10.6 Å². The van der Waals surface area contributed by atoms with Gasteiger partial charge in [-0.05, 0) is 36.8 Å². The van der Waals surface area contributed by atoms with Gasteiger partial charge in [0.1, 0.15) is 11.4 Å². The van der Waals surface area contributed by atoms with E-state index in [4.69, 9.17) is 5.26 Å². The summed E-state index contributed by atoms with van der Waals surface area (Å²) in [6.07, 6.45) is 0. The first-order valence-electron chi connectivity index (χ1n) is 8.02. The van der Waals surface area contributed by atoms with Crippen molar-refractivity contribution in [3.05, 3.63) is 90.2 Å². The number of anilines is 3. The fourth-order valence-electron chi connectivity index (χ4n) is 2.61. The van der Waals surface area contributed by atoms with Crippen molar-refractivity contribution < 1.29 is 4.92 Å². The first-order valence-corrected chi connectivity index (χ1v) is 8.02. The van der Waals surface area contributed by atoms with Gasteiger partial charge in [0.05, 0.1) is 16.6 Å². The number of nitrogens with zero attached hydrogens (tertiary/aromatic N) is 2. The number of non-ortho nitro benzene ring substituents is 1. The molecule has 0 aromatic heterocycles. The molecule has 0 radical (unpaired) electrons. The molecule has 0 aliphatic heterocycles. The molecule has 8 heteroatoms. The van der Waals surface area contributed by atoms with Crippen LogP contribution in [-0.4, -0.2) is 4.92 Å². The van der Waals surface area contributed by atoms with Gasteiger partial charge in [-0.3, -0.25) is 19.7 Å². The lowest BCUT2D eigenvalue weighted by atomic mass is 10.1. The van der Waals surface area contributed by atoms with Crippen molar-refractivity contribution in [3.63, 3.8) is 0 Å². The third-order valence-electron chi connectivity index (χ3n) is 4.16. The van der Waals surface area contributed by atoms with E-state index in [9.17, 15) is 19.7 Å². The number of nitro benzene ring substituents is 1. The van der Waals surface area contributed by atoms with Crippen LogP contribution in [0.5, 0.6) is 0 Å². The Kier molecular flexibility index (Phi) is 4.68. The van der Waals surface area contributed by atoms with Crippen LogP contribution in [0.25, 0.3) is 0 Å². The van der Waals surface area contributed by atoms with Gasteiger partial charge in [0.15, 0.2) is 0 Å². The zero-order chi connectivity index (χ0) is 19.6. The zero-order valence-corrected chi connectivity index (χ0v) is 14.2. The summed E-state index contributed by atoms with van der Waals surface area (Å²) in [4.78, 5) is 34.1. The van der Waals surface area contributed by atoms with Gasteiger partial charge in [-0.25, -0.2) is 0 Å². The SMILES string of the molecule is C[C@@H](Nc1c(Nc2ccc(C#N)cc2)c(=O)c1=O)c1ccc([N+](=O)[O-])cc1. The van der Waals surface area contributed by atoms with E-state index in [2.05, 4.69) is 10.6 Å². The van der Waals surface area contributed by atoms with Crippen molar-refractivity contribution >= 4 is 22.7 Å². The van der Waals surface area contributed by atoms with Crippen LogP contribution in [0.3, 0.4) is 0 Å². The lowest BCUT2D eigenvalue weighted by Gasteiger charge is -2.20. The van der Waals surface area contributed by atoms with Crippen LogP contribution in [0.2, 0.25) is 0 Å². The van der Waals surface area contributed by atoms with E-state index in [-0.39, 0.29) is 23.1 Å². The Morgan fingerprint density at radius 2 is 1.59 bits per heavy atom. The number of nitro groups is 1. The minimum Gasteiger partial charge on any atom is -0.373 e. The standard InChI is InChI=1S/C19H14N4O4/c1-11(13-4-8-15(9-5-13)23(26)27)21-16-17(19(25)18(16)24)22-14-6-2-12(10-20)3-7-14/h2-9,11,21-22H,1H3/t11-/m1/s1. The smallest absolute Gasteiger partial charge is 0.269 e. The number of nitriles is 1. The number of rotatable bonds is 6. The quantitative estimate of drug-likeness (QED) is 0.392. The van der Waals surface area contributed by atoms with E-state index < -0.39 is 15.8 Å². The van der Waals surface area contributed by atoms with E-state index in [1.54, 1.807) is 43.3 Å². The maximum atomic E-state index is 11.9. The van der Waals surface area contributed by atoms with Crippen LogP contribution in [0.4, 0.5) is 22.7 Å². The minimum absolute atomic E-state index is 0.0248. The molecule has 0 saturated carbocycles. The average molecular weight is 362 g/mol. The molecule has 0 aliphatic rings. The summed E-state index contributed by atoms with van der Waals surface area (Å²) in [7, 11) is 0. The molecule has 2 N–H and O–H groups in total. The lowest BCUT2D eigenvalue weighted by Crippen LogP contribution is -2.37. The molecule has 0 unspecified atom stereocenters. The minimum atomic E-state index is -0.627. The summed E-state index contributed by atoms with van der Waals surface area (Å²) in [6, 6.07) is 14.1. The highest BCUT2D eigenvalue weighted by Gasteiger charge is 2.23. The van der Waals surface area contributed by atoms with E-state index >= 15 is 0 Å². The van der Waals surface area contributed by atoms with Gasteiger partial charge in [-0.1, -0.05) is 12.1 Å². The Morgan fingerprint density at radius 3 is 2.15 bits per heavy atom. The fourth-order valence-corrected chi connectivity index (χ4v) is 2.61. The first-order chi connectivity index (χ1) is 12.9. The third kappa shape index (κ3) is 3.52. The molecule has 3 aromatic rings. The van der Waals surface area contributed by atoms with Crippen molar-refractivity contribution in [1.82, 2.24) is 0 Å². The molecule has 8 nitrogen and oxygen atoms in total. The zero-order valence-electron chi connectivity index (χ0n) is 14.2.